The highest BCUT2D eigenvalue weighted by Gasteiger charge is 2.42. The number of hydrogen-bond acceptors (Lipinski definition) is 0. The zero-order valence-electron chi connectivity index (χ0n) is 9.23. The van der Waals surface area contributed by atoms with Crippen LogP contribution >= 0.6 is 0 Å². The van der Waals surface area contributed by atoms with Gasteiger partial charge in [-0.2, -0.15) is 0 Å². The lowest BCUT2D eigenvalue weighted by Gasteiger charge is -2.22. The maximum atomic E-state index is 14.1. The second-order valence-corrected chi connectivity index (χ2v) is 4.44. The third kappa shape index (κ3) is 2.32. The molecule has 0 aromatic carbocycles. The average molecular weight is 184 g/mol. The molecule has 0 aliphatic heterocycles. The van der Waals surface area contributed by atoms with Crippen LogP contribution < -0.4 is 0 Å². The van der Waals surface area contributed by atoms with Crippen molar-refractivity contribution in [3.63, 3.8) is 0 Å². The van der Waals surface area contributed by atoms with E-state index in [0.717, 1.165) is 12.0 Å². The molecule has 0 N–H and O–H groups in total. The van der Waals surface area contributed by atoms with Crippen molar-refractivity contribution in [3.05, 3.63) is 11.6 Å². The topological polar surface area (TPSA) is 0 Å². The van der Waals surface area contributed by atoms with Crippen molar-refractivity contribution < 1.29 is 4.39 Å². The van der Waals surface area contributed by atoms with Gasteiger partial charge in [-0.1, -0.05) is 26.8 Å². The second kappa shape index (κ2) is 3.81. The van der Waals surface area contributed by atoms with Gasteiger partial charge in [-0.15, -0.1) is 0 Å². The van der Waals surface area contributed by atoms with E-state index in [1.807, 2.05) is 6.92 Å². The average Bonchev–Trinajstić information content (AvgIpc) is 2.78. The van der Waals surface area contributed by atoms with Crippen LogP contribution in [-0.2, 0) is 0 Å². The largest absolute Gasteiger partial charge is 0.239 e. The number of allylic oxidation sites excluding steroid dienone is 2. The standard InChI is InChI=1S/C12H21F/c1-5-7-11(10-8-9(10)3)12(4,13)6-2/h7,9-10H,5-6,8H2,1-4H3/b11-7+/t9?,10-,12?/m1/s1. The minimum absolute atomic E-state index is 0.537. The zero-order valence-corrected chi connectivity index (χ0v) is 9.23. The number of halogens is 1. The molecule has 76 valence electrons. The Bertz CT molecular complexity index is 203. The van der Waals surface area contributed by atoms with Crippen LogP contribution in [-0.4, -0.2) is 5.67 Å². The second-order valence-electron chi connectivity index (χ2n) is 4.44. The first-order valence-corrected chi connectivity index (χ1v) is 5.42. The predicted octanol–water partition coefficient (Wildman–Crippen LogP) is 4.12. The minimum Gasteiger partial charge on any atom is -0.239 e. The van der Waals surface area contributed by atoms with Crippen molar-refractivity contribution in [3.8, 4) is 0 Å². The first kappa shape index (κ1) is 10.7. The van der Waals surface area contributed by atoms with Gasteiger partial charge >= 0.3 is 0 Å². The lowest BCUT2D eigenvalue weighted by atomic mass is 9.89. The van der Waals surface area contributed by atoms with Crippen molar-refractivity contribution in [2.45, 2.75) is 52.6 Å². The summed E-state index contributed by atoms with van der Waals surface area (Å²) in [7, 11) is 0. The van der Waals surface area contributed by atoms with Gasteiger partial charge in [0.15, 0.2) is 0 Å². The van der Waals surface area contributed by atoms with E-state index in [2.05, 4.69) is 19.9 Å². The van der Waals surface area contributed by atoms with Gasteiger partial charge in [-0.25, -0.2) is 4.39 Å². The fraction of sp³-hybridized carbons (Fsp3) is 0.833. The van der Waals surface area contributed by atoms with E-state index in [-0.39, 0.29) is 0 Å². The molecule has 0 heterocycles. The molecule has 0 amide bonds. The summed E-state index contributed by atoms with van der Waals surface area (Å²) in [5.74, 6) is 1.24. The molecule has 2 unspecified atom stereocenters. The van der Waals surface area contributed by atoms with Crippen molar-refractivity contribution in [1.29, 1.82) is 0 Å². The molecule has 1 heteroatoms. The Kier molecular flexibility index (Phi) is 3.15. The molecule has 1 aliphatic rings. The highest BCUT2D eigenvalue weighted by atomic mass is 19.1. The van der Waals surface area contributed by atoms with Gasteiger partial charge in [0.2, 0.25) is 0 Å². The van der Waals surface area contributed by atoms with E-state index < -0.39 is 5.67 Å². The molecule has 1 aliphatic carbocycles. The van der Waals surface area contributed by atoms with Gasteiger partial charge in [0, 0.05) is 0 Å². The SMILES string of the molecule is CC/C=C(\[C@@H]1CC1C)C(C)(F)CC. The normalized spacial score (nSPS) is 32.8. The monoisotopic (exact) mass is 184 g/mol. The van der Waals surface area contributed by atoms with Crippen molar-refractivity contribution in [2.75, 3.05) is 0 Å². The molecule has 0 saturated heterocycles. The van der Waals surface area contributed by atoms with E-state index in [1.54, 1.807) is 6.92 Å². The van der Waals surface area contributed by atoms with Gasteiger partial charge < -0.3 is 0 Å². The predicted molar refractivity (Wildman–Crippen MR) is 55.4 cm³/mol. The van der Waals surface area contributed by atoms with Gasteiger partial charge in [0.05, 0.1) is 0 Å². The highest BCUT2D eigenvalue weighted by molar-refractivity contribution is 5.24. The molecular weight excluding hydrogens is 163 g/mol. The summed E-state index contributed by atoms with van der Waals surface area (Å²) in [4.78, 5) is 0. The lowest BCUT2D eigenvalue weighted by Crippen LogP contribution is -2.21. The van der Waals surface area contributed by atoms with E-state index >= 15 is 0 Å². The van der Waals surface area contributed by atoms with Crippen LogP contribution in [0.1, 0.15) is 47.0 Å². The Hall–Kier alpha value is -0.330. The van der Waals surface area contributed by atoms with E-state index in [9.17, 15) is 4.39 Å². The molecule has 3 atom stereocenters. The van der Waals surface area contributed by atoms with Crippen molar-refractivity contribution >= 4 is 0 Å². The van der Waals surface area contributed by atoms with E-state index in [1.165, 1.54) is 6.42 Å². The quantitative estimate of drug-likeness (QED) is 0.577. The summed E-state index contributed by atoms with van der Waals surface area (Å²) in [5.41, 5.74) is -0.00387. The Morgan fingerprint density at radius 1 is 1.54 bits per heavy atom. The van der Waals surface area contributed by atoms with Crippen molar-refractivity contribution in [1.82, 2.24) is 0 Å². The molecule has 0 aromatic rings. The fourth-order valence-electron chi connectivity index (χ4n) is 1.93. The Labute approximate surface area is 81.2 Å². The van der Waals surface area contributed by atoms with Crippen molar-refractivity contribution in [2.24, 2.45) is 11.8 Å². The Morgan fingerprint density at radius 2 is 2.08 bits per heavy atom. The first-order chi connectivity index (χ1) is 6.03. The van der Waals surface area contributed by atoms with Crippen LogP contribution in [0.2, 0.25) is 0 Å². The maximum Gasteiger partial charge on any atom is 0.129 e. The zero-order chi connectivity index (χ0) is 10.1. The summed E-state index contributed by atoms with van der Waals surface area (Å²) < 4.78 is 14.1. The molecular formula is C12H21F. The van der Waals surface area contributed by atoms with Crippen LogP contribution in [0.25, 0.3) is 0 Å². The van der Waals surface area contributed by atoms with Crippen LogP contribution in [0, 0.1) is 11.8 Å². The van der Waals surface area contributed by atoms with Crippen LogP contribution in [0.3, 0.4) is 0 Å². The lowest BCUT2D eigenvalue weighted by molar-refractivity contribution is 0.221. The molecule has 1 saturated carbocycles. The molecule has 1 fully saturated rings. The number of rotatable bonds is 4. The molecule has 0 aromatic heterocycles. The minimum atomic E-state index is -1.06. The van der Waals surface area contributed by atoms with E-state index in [4.69, 9.17) is 0 Å². The van der Waals surface area contributed by atoms with Crippen LogP contribution in [0.4, 0.5) is 4.39 Å². The first-order valence-electron chi connectivity index (χ1n) is 5.42. The third-order valence-electron chi connectivity index (χ3n) is 3.20. The molecule has 0 spiro atoms. The van der Waals surface area contributed by atoms with Gasteiger partial charge in [-0.3, -0.25) is 0 Å². The molecule has 13 heavy (non-hydrogen) atoms. The summed E-state index contributed by atoms with van der Waals surface area (Å²) in [6.07, 6.45) is 4.84. The molecule has 0 bridgehead atoms. The van der Waals surface area contributed by atoms with Gasteiger partial charge in [-0.05, 0) is 43.6 Å². The molecule has 0 radical (unpaired) electrons. The molecule has 0 nitrogen and oxygen atoms in total. The number of hydrogen-bond donors (Lipinski definition) is 0. The smallest absolute Gasteiger partial charge is 0.129 e. The Morgan fingerprint density at radius 3 is 2.38 bits per heavy atom. The van der Waals surface area contributed by atoms with Gasteiger partial charge in [0.1, 0.15) is 5.67 Å². The summed E-state index contributed by atoms with van der Waals surface area (Å²) in [6, 6.07) is 0. The van der Waals surface area contributed by atoms with E-state index in [0.29, 0.717) is 18.3 Å². The third-order valence-corrected chi connectivity index (χ3v) is 3.20. The summed E-state index contributed by atoms with van der Waals surface area (Å²) in [5, 5.41) is 0. The summed E-state index contributed by atoms with van der Waals surface area (Å²) in [6.45, 7) is 7.94. The van der Waals surface area contributed by atoms with Gasteiger partial charge in [0.25, 0.3) is 0 Å². The fourth-order valence-corrected chi connectivity index (χ4v) is 1.93. The Balaban J connectivity index is 2.74. The summed E-state index contributed by atoms with van der Waals surface area (Å²) >= 11 is 0. The number of alkyl halides is 1. The van der Waals surface area contributed by atoms with Crippen LogP contribution in [0.15, 0.2) is 11.6 Å². The van der Waals surface area contributed by atoms with Crippen LogP contribution in [0.5, 0.6) is 0 Å². The highest BCUT2D eigenvalue weighted by Crippen LogP contribution is 2.49. The maximum absolute atomic E-state index is 14.1. The molecule has 1 rings (SSSR count).